The lowest BCUT2D eigenvalue weighted by molar-refractivity contribution is 0.403. The van der Waals surface area contributed by atoms with Crippen LogP contribution in [0.25, 0.3) is 0 Å². The van der Waals surface area contributed by atoms with E-state index in [9.17, 15) is 0 Å². The Hall–Kier alpha value is -1.50. The minimum Gasteiger partial charge on any atom is -0.427 e. The van der Waals surface area contributed by atoms with E-state index in [0.29, 0.717) is 0 Å². The average molecular weight is 419 g/mol. The lowest BCUT2D eigenvalue weighted by Crippen LogP contribution is -2.09. The summed E-state index contributed by atoms with van der Waals surface area (Å²) in [4.78, 5) is 0. The number of nitrogen functional groups attached to an aromatic ring is 2. The molecule has 0 spiro atoms. The molecule has 26 heavy (non-hydrogen) atoms. The van der Waals surface area contributed by atoms with Gasteiger partial charge in [0.25, 0.3) is 0 Å². The second kappa shape index (κ2) is 9.44. The molecule has 4 nitrogen and oxygen atoms in total. The van der Waals surface area contributed by atoms with Crippen LogP contribution >= 0.6 is 15.9 Å². The SMILES string of the molecule is Cc1cccc(Br)c1N.Cc1cccc(C2CC2)c1N.OB(O)C1CC1. The Labute approximate surface area is 164 Å². The Morgan fingerprint density at radius 3 is 1.81 bits per heavy atom. The highest BCUT2D eigenvalue weighted by Gasteiger charge is 2.33. The molecule has 0 radical (unpaired) electrons. The van der Waals surface area contributed by atoms with E-state index in [4.69, 9.17) is 21.5 Å². The van der Waals surface area contributed by atoms with Crippen molar-refractivity contribution in [2.45, 2.75) is 51.3 Å². The number of anilines is 2. The molecule has 140 valence electrons. The molecule has 2 saturated carbocycles. The molecule has 4 rings (SSSR count). The summed E-state index contributed by atoms with van der Waals surface area (Å²) in [7, 11) is -1.04. The van der Waals surface area contributed by atoms with E-state index >= 15 is 0 Å². The standard InChI is InChI=1S/C10H13N.C7H8BrN.C3H7BO2/c1-7-3-2-4-9(10(7)11)8-5-6-8;1-5-3-2-4-6(8)7(5)9;5-4(6)3-1-2-3/h2-4,8H,5-6,11H2,1H3;2-4H,9H2,1H3;3,5-6H,1-2H2. The van der Waals surface area contributed by atoms with Crippen LogP contribution in [0.1, 0.15) is 48.3 Å². The maximum Gasteiger partial charge on any atom is 0.454 e. The van der Waals surface area contributed by atoms with Gasteiger partial charge in [-0.3, -0.25) is 0 Å². The van der Waals surface area contributed by atoms with Crippen LogP contribution in [-0.4, -0.2) is 17.2 Å². The summed E-state index contributed by atoms with van der Waals surface area (Å²) in [5.74, 6) is 0.986. The van der Waals surface area contributed by atoms with Crippen molar-refractivity contribution in [1.82, 2.24) is 0 Å². The van der Waals surface area contributed by atoms with Crippen molar-refractivity contribution < 1.29 is 10.0 Å². The molecule has 0 aliphatic heterocycles. The number of hydrogen-bond acceptors (Lipinski definition) is 4. The molecule has 2 aliphatic rings. The monoisotopic (exact) mass is 418 g/mol. The maximum absolute atomic E-state index is 8.25. The highest BCUT2D eigenvalue weighted by Crippen LogP contribution is 2.43. The van der Waals surface area contributed by atoms with Gasteiger partial charge in [-0.05, 0) is 77.1 Å². The molecule has 0 amide bonds. The van der Waals surface area contributed by atoms with Crippen molar-refractivity contribution >= 4 is 34.4 Å². The van der Waals surface area contributed by atoms with E-state index in [1.54, 1.807) is 0 Å². The predicted octanol–water partition coefficient (Wildman–Crippen LogP) is 4.42. The molecule has 2 aromatic rings. The van der Waals surface area contributed by atoms with Gasteiger partial charge in [-0.25, -0.2) is 0 Å². The fraction of sp³-hybridized carbons (Fsp3) is 0.400. The first-order chi connectivity index (χ1) is 12.3. The summed E-state index contributed by atoms with van der Waals surface area (Å²) in [6, 6.07) is 12.2. The first-order valence-electron chi connectivity index (χ1n) is 9.03. The molecule has 2 fully saturated rings. The molecule has 2 aliphatic carbocycles. The smallest absolute Gasteiger partial charge is 0.427 e. The van der Waals surface area contributed by atoms with E-state index in [-0.39, 0.29) is 5.82 Å². The molecule has 2 aromatic carbocycles. The first kappa shape index (κ1) is 20.8. The minimum absolute atomic E-state index is 0.213. The molecule has 0 bridgehead atoms. The van der Waals surface area contributed by atoms with Gasteiger partial charge in [0, 0.05) is 15.8 Å². The van der Waals surface area contributed by atoms with E-state index in [0.717, 1.165) is 40.2 Å². The van der Waals surface area contributed by atoms with Gasteiger partial charge in [0.2, 0.25) is 0 Å². The van der Waals surface area contributed by atoms with Crippen LogP contribution < -0.4 is 11.5 Å². The van der Waals surface area contributed by atoms with Crippen LogP contribution in [0.15, 0.2) is 40.9 Å². The van der Waals surface area contributed by atoms with Crippen LogP contribution in [0.5, 0.6) is 0 Å². The van der Waals surface area contributed by atoms with Crippen molar-refractivity contribution in [3.63, 3.8) is 0 Å². The van der Waals surface area contributed by atoms with Crippen LogP contribution in [0, 0.1) is 13.8 Å². The zero-order valence-corrected chi connectivity index (χ0v) is 17.0. The molecular weight excluding hydrogens is 391 g/mol. The lowest BCUT2D eigenvalue weighted by Gasteiger charge is -2.05. The second-order valence-corrected chi connectivity index (χ2v) is 7.93. The van der Waals surface area contributed by atoms with Crippen molar-refractivity contribution in [1.29, 1.82) is 0 Å². The van der Waals surface area contributed by atoms with Crippen molar-refractivity contribution in [3.05, 3.63) is 57.6 Å². The van der Waals surface area contributed by atoms with Gasteiger partial charge in [-0.2, -0.15) is 0 Å². The maximum atomic E-state index is 8.25. The fourth-order valence-electron chi connectivity index (χ4n) is 2.49. The fourth-order valence-corrected chi connectivity index (χ4v) is 2.96. The van der Waals surface area contributed by atoms with E-state index in [2.05, 4.69) is 41.1 Å². The second-order valence-electron chi connectivity index (χ2n) is 7.07. The normalized spacial score (nSPS) is 15.3. The third kappa shape index (κ3) is 6.34. The quantitative estimate of drug-likeness (QED) is 0.429. The Kier molecular flexibility index (Phi) is 7.56. The molecular formula is C20H28BBrN2O2. The highest BCUT2D eigenvalue weighted by molar-refractivity contribution is 9.10. The predicted molar refractivity (Wildman–Crippen MR) is 114 cm³/mol. The minimum atomic E-state index is -1.04. The number of aryl methyl sites for hydroxylation is 2. The van der Waals surface area contributed by atoms with Gasteiger partial charge < -0.3 is 21.5 Å². The summed E-state index contributed by atoms with van der Waals surface area (Å²) < 4.78 is 0.975. The molecule has 0 unspecified atom stereocenters. The summed E-state index contributed by atoms with van der Waals surface area (Å²) in [5.41, 5.74) is 17.1. The van der Waals surface area contributed by atoms with Gasteiger partial charge in [0.05, 0.1) is 0 Å². The number of para-hydroxylation sites is 2. The molecule has 6 N–H and O–H groups in total. The number of hydrogen-bond donors (Lipinski definition) is 4. The zero-order valence-electron chi connectivity index (χ0n) is 15.5. The molecule has 0 atom stereocenters. The van der Waals surface area contributed by atoms with Gasteiger partial charge >= 0.3 is 7.12 Å². The number of nitrogens with two attached hydrogens (primary N) is 2. The van der Waals surface area contributed by atoms with Crippen LogP contribution in [0.4, 0.5) is 11.4 Å². The Balaban J connectivity index is 0.000000147. The molecule has 0 heterocycles. The molecule has 6 heteroatoms. The number of benzene rings is 2. The number of halogens is 1. The van der Waals surface area contributed by atoms with Crippen molar-refractivity contribution in [3.8, 4) is 0 Å². The van der Waals surface area contributed by atoms with E-state index < -0.39 is 7.12 Å². The first-order valence-corrected chi connectivity index (χ1v) is 9.82. The summed E-state index contributed by atoms with van der Waals surface area (Å²) in [6.45, 7) is 4.06. The zero-order chi connectivity index (χ0) is 19.3. The topological polar surface area (TPSA) is 92.5 Å². The van der Waals surface area contributed by atoms with Crippen molar-refractivity contribution in [2.75, 3.05) is 11.5 Å². The Morgan fingerprint density at radius 2 is 1.42 bits per heavy atom. The summed E-state index contributed by atoms with van der Waals surface area (Å²) in [5, 5.41) is 16.5. The third-order valence-corrected chi connectivity index (χ3v) is 5.38. The van der Waals surface area contributed by atoms with Crippen molar-refractivity contribution in [2.24, 2.45) is 0 Å². The van der Waals surface area contributed by atoms with E-state index in [1.165, 1.54) is 24.0 Å². The largest absolute Gasteiger partial charge is 0.454 e. The van der Waals surface area contributed by atoms with Gasteiger partial charge in [-0.1, -0.05) is 43.2 Å². The molecule has 0 saturated heterocycles. The molecule has 0 aromatic heterocycles. The average Bonchev–Trinajstić information content (AvgIpc) is 3.49. The Morgan fingerprint density at radius 1 is 0.885 bits per heavy atom. The van der Waals surface area contributed by atoms with Crippen LogP contribution in [0.3, 0.4) is 0 Å². The number of rotatable bonds is 2. The summed E-state index contributed by atoms with van der Waals surface area (Å²) in [6.07, 6.45) is 4.65. The van der Waals surface area contributed by atoms with Crippen LogP contribution in [-0.2, 0) is 0 Å². The van der Waals surface area contributed by atoms with Gasteiger partial charge in [0.15, 0.2) is 0 Å². The van der Waals surface area contributed by atoms with E-state index in [1.807, 2.05) is 25.1 Å². The van der Waals surface area contributed by atoms with Gasteiger partial charge in [0.1, 0.15) is 0 Å². The third-order valence-electron chi connectivity index (χ3n) is 4.69. The highest BCUT2D eigenvalue weighted by atomic mass is 79.9. The lowest BCUT2D eigenvalue weighted by atomic mass is 9.84. The van der Waals surface area contributed by atoms with Gasteiger partial charge in [-0.15, -0.1) is 0 Å². The van der Waals surface area contributed by atoms with Crippen LogP contribution in [0.2, 0.25) is 5.82 Å². The Bertz CT molecular complexity index is 711. The summed E-state index contributed by atoms with van der Waals surface area (Å²) >= 11 is 3.32.